The van der Waals surface area contributed by atoms with Crippen molar-refractivity contribution in [1.29, 1.82) is 0 Å². The van der Waals surface area contributed by atoms with Crippen LogP contribution < -0.4 is 5.32 Å². The molecule has 0 fully saturated rings. The molecule has 0 aromatic heterocycles. The zero-order chi connectivity index (χ0) is 17.5. The lowest BCUT2D eigenvalue weighted by Gasteiger charge is -2.20. The van der Waals surface area contributed by atoms with E-state index in [1.807, 2.05) is 52.9 Å². The first-order valence-corrected chi connectivity index (χ1v) is 8.31. The molecule has 7 heteroatoms. The van der Waals surface area contributed by atoms with E-state index in [0.29, 0.717) is 3.57 Å². The molecule has 5 nitrogen and oxygen atoms in total. The molecule has 0 aliphatic heterocycles. The van der Waals surface area contributed by atoms with Crippen LogP contribution in [-0.4, -0.2) is 29.0 Å². The maximum absolute atomic E-state index is 13.8. The van der Waals surface area contributed by atoms with E-state index in [0.717, 1.165) is 5.56 Å². The summed E-state index contributed by atoms with van der Waals surface area (Å²) < 4.78 is 19.3. The van der Waals surface area contributed by atoms with E-state index in [4.69, 9.17) is 4.74 Å². The molecule has 0 aliphatic rings. The molecule has 0 saturated heterocycles. The maximum atomic E-state index is 13.8. The number of alkyl carbamates (subject to hydrolysis) is 1. The molecule has 2 unspecified atom stereocenters. The van der Waals surface area contributed by atoms with Crippen LogP contribution in [0.4, 0.5) is 9.18 Å². The molecule has 0 spiro atoms. The third kappa shape index (κ3) is 5.15. The summed E-state index contributed by atoms with van der Waals surface area (Å²) in [4.78, 5) is 11.6. The van der Waals surface area contributed by atoms with Crippen LogP contribution in [0.25, 0.3) is 0 Å². The van der Waals surface area contributed by atoms with Crippen molar-refractivity contribution in [2.75, 3.05) is 6.54 Å². The minimum absolute atomic E-state index is 0.00468. The van der Waals surface area contributed by atoms with E-state index in [-0.39, 0.29) is 18.7 Å². The molecular weight excluding hydrogens is 428 g/mol. The smallest absolute Gasteiger partial charge is 0.407 e. The molecule has 2 aromatic carbocycles. The number of ether oxygens (including phenoxy) is 1. The Bertz CT molecular complexity index is 663. The Labute approximate surface area is 152 Å². The predicted molar refractivity (Wildman–Crippen MR) is 94.7 cm³/mol. The number of amides is 1. The molecule has 0 heterocycles. The number of halogens is 2. The number of carbonyl (C=O) groups is 1. The average Bonchev–Trinajstić information content (AvgIpc) is 2.58. The fourth-order valence-corrected chi connectivity index (χ4v) is 2.84. The summed E-state index contributed by atoms with van der Waals surface area (Å²) in [6.07, 6.45) is -3.54. The van der Waals surface area contributed by atoms with Crippen molar-refractivity contribution >= 4 is 28.7 Å². The molecule has 2 atom stereocenters. The van der Waals surface area contributed by atoms with Gasteiger partial charge in [0.15, 0.2) is 0 Å². The van der Waals surface area contributed by atoms with Crippen LogP contribution in [0, 0.1) is 9.39 Å². The summed E-state index contributed by atoms with van der Waals surface area (Å²) in [6, 6.07) is 13.5. The fraction of sp³-hybridized carbons (Fsp3) is 0.235. The third-order valence-corrected chi connectivity index (χ3v) is 4.27. The minimum atomic E-state index is -1.45. The molecule has 0 saturated carbocycles. The highest BCUT2D eigenvalue weighted by atomic mass is 127. The summed E-state index contributed by atoms with van der Waals surface area (Å²) in [5, 5.41) is 22.4. The fourth-order valence-electron chi connectivity index (χ4n) is 2.06. The number of aliphatic hydroxyl groups excluding tert-OH is 2. The lowest BCUT2D eigenvalue weighted by Crippen LogP contribution is -2.36. The molecule has 0 aliphatic carbocycles. The second kappa shape index (κ2) is 8.95. The number of hydrogen-bond acceptors (Lipinski definition) is 4. The number of benzene rings is 2. The first-order chi connectivity index (χ1) is 11.5. The minimum Gasteiger partial charge on any atom is -0.445 e. The number of hydrogen-bond donors (Lipinski definition) is 3. The quantitative estimate of drug-likeness (QED) is 0.598. The molecular formula is C17H17FINO4. The van der Waals surface area contributed by atoms with Gasteiger partial charge >= 0.3 is 6.09 Å². The number of rotatable bonds is 6. The Balaban J connectivity index is 1.83. The van der Waals surface area contributed by atoms with Gasteiger partial charge < -0.3 is 20.3 Å². The first kappa shape index (κ1) is 18.6. The molecule has 3 N–H and O–H groups in total. The number of aliphatic hydroxyl groups is 2. The van der Waals surface area contributed by atoms with Gasteiger partial charge in [0.2, 0.25) is 0 Å². The summed E-state index contributed by atoms with van der Waals surface area (Å²) in [5.41, 5.74) is 0.833. The molecule has 128 valence electrons. The Morgan fingerprint density at radius 3 is 2.54 bits per heavy atom. The monoisotopic (exact) mass is 445 g/mol. The van der Waals surface area contributed by atoms with Crippen molar-refractivity contribution in [2.45, 2.75) is 18.8 Å². The molecule has 0 bridgehead atoms. The molecule has 2 aromatic rings. The van der Waals surface area contributed by atoms with Crippen molar-refractivity contribution in [3.63, 3.8) is 0 Å². The summed E-state index contributed by atoms with van der Waals surface area (Å²) in [5.74, 6) is -0.611. The van der Waals surface area contributed by atoms with Gasteiger partial charge in [-0.05, 0) is 40.3 Å². The Morgan fingerprint density at radius 1 is 1.17 bits per heavy atom. The Morgan fingerprint density at radius 2 is 1.88 bits per heavy atom. The Hall–Kier alpha value is -1.71. The lowest BCUT2D eigenvalue weighted by molar-refractivity contribution is 0.0159. The molecule has 24 heavy (non-hydrogen) atoms. The van der Waals surface area contributed by atoms with Crippen LogP contribution in [0.1, 0.15) is 17.2 Å². The average molecular weight is 445 g/mol. The van der Waals surface area contributed by atoms with Gasteiger partial charge in [-0.3, -0.25) is 0 Å². The lowest BCUT2D eigenvalue weighted by atomic mass is 10.0. The largest absolute Gasteiger partial charge is 0.445 e. The van der Waals surface area contributed by atoms with Gasteiger partial charge in [-0.2, -0.15) is 0 Å². The van der Waals surface area contributed by atoms with Gasteiger partial charge in [-0.1, -0.05) is 36.4 Å². The van der Waals surface area contributed by atoms with Crippen molar-refractivity contribution in [2.24, 2.45) is 0 Å². The number of nitrogens with one attached hydrogen (secondary N) is 1. The first-order valence-electron chi connectivity index (χ1n) is 7.23. The molecule has 1 amide bonds. The van der Waals surface area contributed by atoms with Gasteiger partial charge in [-0.15, -0.1) is 0 Å². The van der Waals surface area contributed by atoms with Crippen molar-refractivity contribution in [1.82, 2.24) is 5.32 Å². The second-order valence-electron chi connectivity index (χ2n) is 5.09. The van der Waals surface area contributed by atoms with E-state index in [1.54, 1.807) is 6.07 Å². The predicted octanol–water partition coefficient (Wildman–Crippen LogP) is 2.75. The van der Waals surface area contributed by atoms with Crippen LogP contribution in [-0.2, 0) is 11.3 Å². The summed E-state index contributed by atoms with van der Waals surface area (Å²) in [6.45, 7) is -0.171. The van der Waals surface area contributed by atoms with E-state index < -0.39 is 24.1 Å². The van der Waals surface area contributed by atoms with Crippen LogP contribution in [0.15, 0.2) is 48.5 Å². The van der Waals surface area contributed by atoms with E-state index in [1.165, 1.54) is 12.1 Å². The van der Waals surface area contributed by atoms with E-state index in [9.17, 15) is 19.4 Å². The van der Waals surface area contributed by atoms with Crippen molar-refractivity contribution < 1.29 is 24.1 Å². The highest BCUT2D eigenvalue weighted by Gasteiger charge is 2.24. The zero-order valence-corrected chi connectivity index (χ0v) is 14.8. The van der Waals surface area contributed by atoms with Gasteiger partial charge in [0.1, 0.15) is 24.6 Å². The SMILES string of the molecule is O=C(NCC(O)C(O)c1c(F)cccc1I)OCc1ccccc1. The van der Waals surface area contributed by atoms with E-state index >= 15 is 0 Å². The van der Waals surface area contributed by atoms with Gasteiger partial charge in [0.25, 0.3) is 0 Å². The third-order valence-electron chi connectivity index (χ3n) is 3.33. The highest BCUT2D eigenvalue weighted by Crippen LogP contribution is 2.25. The maximum Gasteiger partial charge on any atom is 0.407 e. The van der Waals surface area contributed by atoms with E-state index in [2.05, 4.69) is 5.32 Å². The zero-order valence-electron chi connectivity index (χ0n) is 12.7. The standard InChI is InChI=1S/C17H17FINO4/c18-12-7-4-8-13(19)15(12)16(22)14(21)9-20-17(23)24-10-11-5-2-1-3-6-11/h1-8,14,16,21-22H,9-10H2,(H,20,23). The normalized spacial score (nSPS) is 13.2. The van der Waals surface area contributed by atoms with Crippen LogP contribution >= 0.6 is 22.6 Å². The second-order valence-corrected chi connectivity index (χ2v) is 6.25. The number of carbonyl (C=O) groups excluding carboxylic acids is 1. The molecule has 2 rings (SSSR count). The highest BCUT2D eigenvalue weighted by molar-refractivity contribution is 14.1. The Kier molecular flexibility index (Phi) is 6.95. The topological polar surface area (TPSA) is 78.8 Å². The van der Waals surface area contributed by atoms with Gasteiger partial charge in [-0.25, -0.2) is 9.18 Å². The van der Waals surface area contributed by atoms with Crippen LogP contribution in [0.3, 0.4) is 0 Å². The van der Waals surface area contributed by atoms with Crippen molar-refractivity contribution in [3.8, 4) is 0 Å². The summed E-state index contributed by atoms with van der Waals surface area (Å²) in [7, 11) is 0. The van der Waals surface area contributed by atoms with Gasteiger partial charge in [0.05, 0.1) is 0 Å². The molecule has 0 radical (unpaired) electrons. The van der Waals surface area contributed by atoms with Crippen molar-refractivity contribution in [3.05, 3.63) is 69.0 Å². The summed E-state index contributed by atoms with van der Waals surface area (Å²) >= 11 is 1.87. The van der Waals surface area contributed by atoms with Crippen LogP contribution in [0.2, 0.25) is 0 Å². The van der Waals surface area contributed by atoms with Gasteiger partial charge in [0, 0.05) is 15.7 Å². The van der Waals surface area contributed by atoms with Crippen LogP contribution in [0.5, 0.6) is 0 Å².